The number of ether oxygens (including phenoxy) is 1. The molecule has 0 bridgehead atoms. The van der Waals surface area contributed by atoms with Crippen molar-refractivity contribution in [2.24, 2.45) is 11.8 Å². The van der Waals surface area contributed by atoms with Crippen LogP contribution >= 0.6 is 11.6 Å². The third-order valence-electron chi connectivity index (χ3n) is 4.83. The molecule has 8 heteroatoms. The zero-order chi connectivity index (χ0) is 22.4. The number of carbonyl (C=O) groups is 3. The monoisotopic (exact) mass is 443 g/mol. The summed E-state index contributed by atoms with van der Waals surface area (Å²) in [7, 11) is 0. The molecule has 2 N–H and O–H groups in total. The summed E-state index contributed by atoms with van der Waals surface area (Å²) in [5.74, 6) is 0.0536. The van der Waals surface area contributed by atoms with Gasteiger partial charge in [-0.25, -0.2) is 0 Å². The highest BCUT2D eigenvalue weighted by Gasteiger charge is 2.35. The molecule has 2 aromatic rings. The van der Waals surface area contributed by atoms with E-state index in [1.165, 1.54) is 0 Å². The molecule has 1 aliphatic rings. The van der Waals surface area contributed by atoms with Crippen molar-refractivity contribution in [1.82, 2.24) is 5.32 Å². The minimum atomic E-state index is -0.348. The summed E-state index contributed by atoms with van der Waals surface area (Å²) in [4.78, 5) is 38.3. The lowest BCUT2D eigenvalue weighted by atomic mass is 10.1. The molecule has 1 unspecified atom stereocenters. The molecule has 0 radical (unpaired) electrons. The van der Waals surface area contributed by atoms with Crippen LogP contribution < -0.4 is 20.3 Å². The number of rotatable bonds is 8. The molecule has 31 heavy (non-hydrogen) atoms. The van der Waals surface area contributed by atoms with Crippen LogP contribution in [-0.2, 0) is 14.4 Å². The fourth-order valence-electron chi connectivity index (χ4n) is 3.18. The second kappa shape index (κ2) is 10.3. The Hall–Kier alpha value is -3.06. The standard InChI is InChI=1S/C23H26ClN3O4/c1-15(2)12-25-23(30)16-11-22(29)27(13-16)19-7-9-20(10-8-19)31-14-21(28)26-18-5-3-17(24)4-6-18/h3-10,15-16H,11-14H2,1-2H3,(H,25,30)(H,26,28). The van der Waals surface area contributed by atoms with Crippen molar-refractivity contribution < 1.29 is 19.1 Å². The summed E-state index contributed by atoms with van der Waals surface area (Å²) in [5.41, 5.74) is 1.33. The van der Waals surface area contributed by atoms with Crippen molar-refractivity contribution >= 4 is 40.7 Å². The highest BCUT2D eigenvalue weighted by Crippen LogP contribution is 2.27. The first-order valence-electron chi connectivity index (χ1n) is 10.2. The van der Waals surface area contributed by atoms with Gasteiger partial charge in [0.25, 0.3) is 5.91 Å². The number of halogens is 1. The lowest BCUT2D eigenvalue weighted by Crippen LogP contribution is -2.35. The quantitative estimate of drug-likeness (QED) is 0.653. The van der Waals surface area contributed by atoms with Crippen LogP contribution in [0.1, 0.15) is 20.3 Å². The summed E-state index contributed by atoms with van der Waals surface area (Å²) in [6.45, 7) is 4.85. The van der Waals surface area contributed by atoms with Gasteiger partial charge in [0, 0.05) is 35.9 Å². The second-order valence-electron chi connectivity index (χ2n) is 7.88. The molecule has 3 amide bonds. The van der Waals surface area contributed by atoms with Crippen molar-refractivity contribution in [1.29, 1.82) is 0 Å². The lowest BCUT2D eigenvalue weighted by Gasteiger charge is -2.17. The number of benzene rings is 2. The molecule has 1 heterocycles. The minimum Gasteiger partial charge on any atom is -0.484 e. The van der Waals surface area contributed by atoms with Gasteiger partial charge >= 0.3 is 0 Å². The summed E-state index contributed by atoms with van der Waals surface area (Å²) < 4.78 is 5.52. The smallest absolute Gasteiger partial charge is 0.262 e. The Morgan fingerprint density at radius 1 is 1.13 bits per heavy atom. The van der Waals surface area contributed by atoms with E-state index < -0.39 is 0 Å². The van der Waals surface area contributed by atoms with E-state index >= 15 is 0 Å². The van der Waals surface area contributed by atoms with Gasteiger partial charge in [-0.15, -0.1) is 0 Å². The topological polar surface area (TPSA) is 87.7 Å². The Labute approximate surface area is 186 Å². The van der Waals surface area contributed by atoms with Crippen molar-refractivity contribution in [3.63, 3.8) is 0 Å². The predicted molar refractivity (Wildman–Crippen MR) is 120 cm³/mol. The van der Waals surface area contributed by atoms with Gasteiger partial charge in [-0.05, 0) is 54.4 Å². The van der Waals surface area contributed by atoms with E-state index in [1.807, 2.05) is 13.8 Å². The molecule has 2 aromatic carbocycles. The van der Waals surface area contributed by atoms with Gasteiger partial charge in [-0.3, -0.25) is 14.4 Å². The zero-order valence-electron chi connectivity index (χ0n) is 17.6. The van der Waals surface area contributed by atoms with Crippen LogP contribution in [0.2, 0.25) is 5.02 Å². The number of nitrogens with one attached hydrogen (secondary N) is 2. The van der Waals surface area contributed by atoms with Crippen LogP contribution in [0.5, 0.6) is 5.75 Å². The Kier molecular flexibility index (Phi) is 7.52. The van der Waals surface area contributed by atoms with Gasteiger partial charge in [-0.1, -0.05) is 25.4 Å². The summed E-state index contributed by atoms with van der Waals surface area (Å²) in [6.07, 6.45) is 0.201. The number of hydrogen-bond donors (Lipinski definition) is 2. The van der Waals surface area contributed by atoms with E-state index in [0.29, 0.717) is 41.2 Å². The molecule has 3 rings (SSSR count). The van der Waals surface area contributed by atoms with Crippen molar-refractivity contribution in [2.45, 2.75) is 20.3 Å². The third kappa shape index (κ3) is 6.46. The Morgan fingerprint density at radius 3 is 2.45 bits per heavy atom. The molecular formula is C23H26ClN3O4. The van der Waals surface area contributed by atoms with E-state index in [0.717, 1.165) is 0 Å². The largest absolute Gasteiger partial charge is 0.484 e. The molecule has 0 aliphatic carbocycles. The maximum Gasteiger partial charge on any atom is 0.262 e. The first kappa shape index (κ1) is 22.6. The van der Waals surface area contributed by atoms with Gasteiger partial charge < -0.3 is 20.3 Å². The van der Waals surface area contributed by atoms with Crippen LogP contribution in [0.25, 0.3) is 0 Å². The molecule has 0 spiro atoms. The highest BCUT2D eigenvalue weighted by atomic mass is 35.5. The third-order valence-corrected chi connectivity index (χ3v) is 5.08. The Balaban J connectivity index is 1.50. The molecule has 164 valence electrons. The van der Waals surface area contributed by atoms with E-state index in [4.69, 9.17) is 16.3 Å². The molecule has 0 saturated carbocycles. The average Bonchev–Trinajstić information content (AvgIpc) is 3.14. The fourth-order valence-corrected chi connectivity index (χ4v) is 3.31. The Morgan fingerprint density at radius 2 is 1.81 bits per heavy atom. The van der Waals surface area contributed by atoms with Gasteiger partial charge in [-0.2, -0.15) is 0 Å². The van der Waals surface area contributed by atoms with Crippen molar-refractivity contribution in [3.8, 4) is 5.75 Å². The highest BCUT2D eigenvalue weighted by molar-refractivity contribution is 6.30. The predicted octanol–water partition coefficient (Wildman–Crippen LogP) is 3.48. The van der Waals surface area contributed by atoms with Gasteiger partial charge in [0.05, 0.1) is 5.92 Å². The number of carbonyl (C=O) groups excluding carboxylic acids is 3. The van der Waals surface area contributed by atoms with Crippen LogP contribution in [0.4, 0.5) is 11.4 Å². The van der Waals surface area contributed by atoms with E-state index in [-0.39, 0.29) is 36.7 Å². The fraction of sp³-hybridized carbons (Fsp3) is 0.348. The maximum atomic E-state index is 12.4. The van der Waals surface area contributed by atoms with Gasteiger partial charge in [0.15, 0.2) is 6.61 Å². The molecule has 1 fully saturated rings. The molecule has 1 saturated heterocycles. The maximum absolute atomic E-state index is 12.4. The minimum absolute atomic E-state index is 0.0827. The molecular weight excluding hydrogens is 418 g/mol. The van der Waals surface area contributed by atoms with E-state index in [9.17, 15) is 14.4 Å². The van der Waals surface area contributed by atoms with Crippen LogP contribution in [0.15, 0.2) is 48.5 Å². The summed E-state index contributed by atoms with van der Waals surface area (Å²) in [5, 5.41) is 6.20. The summed E-state index contributed by atoms with van der Waals surface area (Å²) >= 11 is 5.83. The van der Waals surface area contributed by atoms with Crippen LogP contribution in [0, 0.1) is 11.8 Å². The first-order valence-corrected chi connectivity index (χ1v) is 10.6. The molecule has 7 nitrogen and oxygen atoms in total. The van der Waals surface area contributed by atoms with Crippen LogP contribution in [0.3, 0.4) is 0 Å². The lowest BCUT2D eigenvalue weighted by molar-refractivity contribution is -0.126. The normalized spacial score (nSPS) is 15.8. The van der Waals surface area contributed by atoms with E-state index in [2.05, 4.69) is 10.6 Å². The van der Waals surface area contributed by atoms with Crippen molar-refractivity contribution in [2.75, 3.05) is 29.9 Å². The van der Waals surface area contributed by atoms with Crippen LogP contribution in [-0.4, -0.2) is 37.4 Å². The number of amides is 3. The summed E-state index contributed by atoms with van der Waals surface area (Å²) in [6, 6.07) is 13.7. The molecule has 1 aliphatic heterocycles. The number of nitrogens with zero attached hydrogens (tertiary/aromatic N) is 1. The number of anilines is 2. The molecule has 0 aromatic heterocycles. The van der Waals surface area contributed by atoms with Gasteiger partial charge in [0.2, 0.25) is 11.8 Å². The Bertz CT molecular complexity index is 929. The van der Waals surface area contributed by atoms with E-state index in [1.54, 1.807) is 53.4 Å². The zero-order valence-corrected chi connectivity index (χ0v) is 18.3. The van der Waals surface area contributed by atoms with Gasteiger partial charge in [0.1, 0.15) is 5.75 Å². The second-order valence-corrected chi connectivity index (χ2v) is 8.32. The number of hydrogen-bond acceptors (Lipinski definition) is 4. The van der Waals surface area contributed by atoms with Crippen molar-refractivity contribution in [3.05, 3.63) is 53.6 Å². The SMILES string of the molecule is CC(C)CNC(=O)C1CC(=O)N(c2ccc(OCC(=O)Nc3ccc(Cl)cc3)cc2)C1. The molecule has 1 atom stereocenters. The first-order chi connectivity index (χ1) is 14.8. The average molecular weight is 444 g/mol.